The minimum Gasteiger partial charge on any atom is -0.478 e. The Morgan fingerprint density at radius 1 is 1.28 bits per heavy atom. The van der Waals surface area contributed by atoms with E-state index in [-0.39, 0.29) is 0 Å². The molecule has 0 aliphatic carbocycles. The summed E-state index contributed by atoms with van der Waals surface area (Å²) in [5.74, 6) is -2.41. The summed E-state index contributed by atoms with van der Waals surface area (Å²) in [5.41, 5.74) is 0. The zero-order valence-electron chi connectivity index (χ0n) is 9.32. The molecule has 0 aliphatic heterocycles. The average molecular weight is 268 g/mol. The molecule has 0 aromatic carbocycles. The summed E-state index contributed by atoms with van der Waals surface area (Å²) in [6.45, 7) is -0.606. The Morgan fingerprint density at radius 3 is 2.28 bits per heavy atom. The molecule has 0 aromatic heterocycles. The highest BCUT2D eigenvalue weighted by Gasteiger charge is 2.28. The first-order valence-corrected chi connectivity index (χ1v) is 4.65. The van der Waals surface area contributed by atoms with E-state index in [0.717, 1.165) is 7.05 Å². The van der Waals surface area contributed by atoms with Crippen molar-refractivity contribution in [2.75, 3.05) is 13.6 Å². The van der Waals surface area contributed by atoms with Crippen LogP contribution in [-0.2, 0) is 9.59 Å². The van der Waals surface area contributed by atoms with Crippen molar-refractivity contribution in [2.45, 2.75) is 12.6 Å². The molecule has 0 rings (SSSR count). The maximum Gasteiger partial charge on any atom is 0.390 e. The molecule has 0 saturated carbocycles. The Labute approximate surface area is 100 Å². The van der Waals surface area contributed by atoms with Crippen molar-refractivity contribution < 1.29 is 32.7 Å². The van der Waals surface area contributed by atoms with Crippen molar-refractivity contribution in [3.8, 4) is 0 Å². The van der Waals surface area contributed by atoms with Crippen molar-refractivity contribution in [2.24, 2.45) is 0 Å². The topological polar surface area (TPSA) is 86.7 Å². The van der Waals surface area contributed by atoms with E-state index in [2.05, 4.69) is 0 Å². The maximum atomic E-state index is 11.8. The Kier molecular flexibility index (Phi) is 5.86. The van der Waals surface area contributed by atoms with E-state index in [0.29, 0.717) is 17.1 Å². The van der Waals surface area contributed by atoms with Crippen LogP contribution < -0.4 is 5.32 Å². The standard InChI is InChI=1S/C9H11F3N2O4/c1-14(5-4-9(10,11)12)8(18)13-6(15)2-3-7(16)17/h2-3H,4-5H2,1H3,(H,16,17)(H,13,15,18)/b3-2+. The molecule has 0 aliphatic rings. The van der Waals surface area contributed by atoms with Crippen LogP contribution in [0.1, 0.15) is 6.42 Å². The Balaban J connectivity index is 4.16. The molecular formula is C9H11F3N2O4. The van der Waals surface area contributed by atoms with Gasteiger partial charge in [-0.15, -0.1) is 0 Å². The number of alkyl halides is 3. The van der Waals surface area contributed by atoms with Crippen molar-refractivity contribution in [1.82, 2.24) is 10.2 Å². The summed E-state index contributed by atoms with van der Waals surface area (Å²) in [6.07, 6.45) is -4.52. The number of carbonyl (C=O) groups is 3. The fourth-order valence-electron chi connectivity index (χ4n) is 0.785. The lowest BCUT2D eigenvalue weighted by atomic mass is 10.4. The van der Waals surface area contributed by atoms with E-state index in [4.69, 9.17) is 5.11 Å². The van der Waals surface area contributed by atoms with Crippen LogP contribution in [0.15, 0.2) is 12.2 Å². The molecule has 0 saturated heterocycles. The Morgan fingerprint density at radius 2 is 1.83 bits per heavy atom. The molecule has 102 valence electrons. The number of urea groups is 1. The fourth-order valence-corrected chi connectivity index (χ4v) is 0.785. The molecule has 0 fully saturated rings. The highest BCUT2D eigenvalue weighted by Crippen LogP contribution is 2.19. The summed E-state index contributed by atoms with van der Waals surface area (Å²) < 4.78 is 35.5. The highest BCUT2D eigenvalue weighted by molar-refractivity contribution is 6.02. The van der Waals surface area contributed by atoms with Crippen molar-refractivity contribution >= 4 is 17.9 Å². The van der Waals surface area contributed by atoms with Gasteiger partial charge in [-0.1, -0.05) is 0 Å². The van der Waals surface area contributed by atoms with Crippen molar-refractivity contribution in [1.29, 1.82) is 0 Å². The largest absolute Gasteiger partial charge is 0.478 e. The smallest absolute Gasteiger partial charge is 0.390 e. The van der Waals surface area contributed by atoms with Gasteiger partial charge < -0.3 is 10.0 Å². The quantitative estimate of drug-likeness (QED) is 0.736. The number of imide groups is 1. The number of nitrogens with one attached hydrogen (secondary N) is 1. The van der Waals surface area contributed by atoms with E-state index in [1.807, 2.05) is 0 Å². The summed E-state index contributed by atoms with van der Waals surface area (Å²) in [6, 6.07) is -1.04. The molecule has 6 nitrogen and oxygen atoms in total. The van der Waals surface area contributed by atoms with E-state index in [1.54, 1.807) is 5.32 Å². The summed E-state index contributed by atoms with van der Waals surface area (Å²) >= 11 is 0. The molecule has 9 heteroatoms. The van der Waals surface area contributed by atoms with Crippen molar-refractivity contribution in [3.63, 3.8) is 0 Å². The first-order chi connectivity index (χ1) is 8.11. The normalized spacial score (nSPS) is 11.3. The fraction of sp³-hybridized carbons (Fsp3) is 0.444. The first-order valence-electron chi connectivity index (χ1n) is 4.65. The molecule has 0 bridgehead atoms. The van der Waals surface area contributed by atoms with Crippen LogP contribution in [0.5, 0.6) is 0 Å². The number of carboxylic acid groups (broad SMARTS) is 1. The monoisotopic (exact) mass is 268 g/mol. The van der Waals surface area contributed by atoms with E-state index in [1.165, 1.54) is 0 Å². The molecule has 0 atom stereocenters. The predicted molar refractivity (Wildman–Crippen MR) is 53.6 cm³/mol. The third-order valence-electron chi connectivity index (χ3n) is 1.68. The third kappa shape index (κ3) is 8.13. The Hall–Kier alpha value is -2.06. The second-order valence-electron chi connectivity index (χ2n) is 3.25. The molecule has 18 heavy (non-hydrogen) atoms. The number of amides is 3. The lowest BCUT2D eigenvalue weighted by Crippen LogP contribution is -2.41. The molecule has 0 radical (unpaired) electrons. The number of rotatable bonds is 4. The van der Waals surface area contributed by atoms with Gasteiger partial charge in [0.25, 0.3) is 5.91 Å². The molecule has 0 heterocycles. The lowest BCUT2D eigenvalue weighted by Gasteiger charge is -2.17. The maximum absolute atomic E-state index is 11.8. The van der Waals surface area contributed by atoms with Gasteiger partial charge in [-0.05, 0) is 0 Å². The molecule has 0 spiro atoms. The lowest BCUT2D eigenvalue weighted by molar-refractivity contribution is -0.136. The van der Waals surface area contributed by atoms with Crippen LogP contribution in [0.2, 0.25) is 0 Å². The molecule has 0 unspecified atom stereocenters. The van der Waals surface area contributed by atoms with E-state index in [9.17, 15) is 27.6 Å². The number of carbonyl (C=O) groups excluding carboxylic acids is 2. The van der Waals surface area contributed by atoms with Crippen LogP contribution in [-0.4, -0.2) is 47.7 Å². The summed E-state index contributed by atoms with van der Waals surface area (Å²) in [7, 11) is 1.08. The second kappa shape index (κ2) is 6.62. The number of hydrogen-bond acceptors (Lipinski definition) is 3. The minimum atomic E-state index is -4.40. The first kappa shape index (κ1) is 15.9. The number of hydrogen-bond donors (Lipinski definition) is 2. The number of aliphatic carboxylic acids is 1. The van der Waals surface area contributed by atoms with Gasteiger partial charge in [0.15, 0.2) is 0 Å². The minimum absolute atomic E-state index is 0.498. The second-order valence-corrected chi connectivity index (χ2v) is 3.25. The van der Waals surface area contributed by atoms with Gasteiger partial charge in [0, 0.05) is 25.7 Å². The van der Waals surface area contributed by atoms with Gasteiger partial charge in [-0.3, -0.25) is 10.1 Å². The summed E-state index contributed by atoms with van der Waals surface area (Å²) in [5, 5.41) is 9.89. The molecule has 0 aromatic rings. The van der Waals surface area contributed by atoms with Crippen LogP contribution >= 0.6 is 0 Å². The van der Waals surface area contributed by atoms with Crippen LogP contribution in [0.3, 0.4) is 0 Å². The number of nitrogens with zero attached hydrogens (tertiary/aromatic N) is 1. The van der Waals surface area contributed by atoms with Crippen LogP contribution in [0.4, 0.5) is 18.0 Å². The van der Waals surface area contributed by atoms with Gasteiger partial charge in [-0.25, -0.2) is 9.59 Å². The van der Waals surface area contributed by atoms with Gasteiger partial charge in [0.05, 0.1) is 6.42 Å². The molecule has 3 amide bonds. The predicted octanol–water partition coefficient (Wildman–Crippen LogP) is 0.748. The Bertz CT molecular complexity index is 365. The number of halogens is 3. The third-order valence-corrected chi connectivity index (χ3v) is 1.68. The van der Waals surface area contributed by atoms with Gasteiger partial charge in [0.2, 0.25) is 0 Å². The van der Waals surface area contributed by atoms with Gasteiger partial charge in [-0.2, -0.15) is 13.2 Å². The van der Waals surface area contributed by atoms with E-state index >= 15 is 0 Å². The number of carboxylic acids is 1. The molecular weight excluding hydrogens is 257 g/mol. The highest BCUT2D eigenvalue weighted by atomic mass is 19.4. The van der Waals surface area contributed by atoms with Crippen LogP contribution in [0.25, 0.3) is 0 Å². The van der Waals surface area contributed by atoms with Gasteiger partial charge >= 0.3 is 18.2 Å². The zero-order chi connectivity index (χ0) is 14.3. The average Bonchev–Trinajstić information content (AvgIpc) is 2.21. The van der Waals surface area contributed by atoms with Crippen molar-refractivity contribution in [3.05, 3.63) is 12.2 Å². The SMILES string of the molecule is CN(CCC(F)(F)F)C(=O)NC(=O)/C=C/C(=O)O. The van der Waals surface area contributed by atoms with Gasteiger partial charge in [0.1, 0.15) is 0 Å². The van der Waals surface area contributed by atoms with E-state index < -0.39 is 37.0 Å². The summed E-state index contributed by atoms with van der Waals surface area (Å²) in [4.78, 5) is 32.8. The van der Waals surface area contributed by atoms with Crippen LogP contribution in [0, 0.1) is 0 Å². The zero-order valence-corrected chi connectivity index (χ0v) is 9.32. The molecule has 2 N–H and O–H groups in total.